The van der Waals surface area contributed by atoms with Crippen molar-refractivity contribution in [2.75, 3.05) is 17.6 Å². The van der Waals surface area contributed by atoms with E-state index < -0.39 is 0 Å². The smallest absolute Gasteiger partial charge is 0.170 e. The number of anilines is 1. The van der Waals surface area contributed by atoms with E-state index in [9.17, 15) is 0 Å². The molecule has 3 nitrogen and oxygen atoms in total. The van der Waals surface area contributed by atoms with Crippen molar-refractivity contribution in [3.05, 3.63) is 60.4 Å². The lowest BCUT2D eigenvalue weighted by molar-refractivity contribution is 0.854. The third-order valence-electron chi connectivity index (χ3n) is 2.78. The van der Waals surface area contributed by atoms with Gasteiger partial charge in [-0.15, -0.1) is 0 Å². The highest BCUT2D eigenvalue weighted by Gasteiger charge is 1.97. The van der Waals surface area contributed by atoms with Crippen LogP contribution in [0.15, 0.2) is 54.9 Å². The summed E-state index contributed by atoms with van der Waals surface area (Å²) < 4.78 is 0. The normalized spacial score (nSPS) is 10.1. The van der Waals surface area contributed by atoms with Crippen molar-refractivity contribution in [2.45, 2.75) is 12.2 Å². The van der Waals surface area contributed by atoms with Gasteiger partial charge in [-0.3, -0.25) is 4.98 Å². The van der Waals surface area contributed by atoms with E-state index in [1.54, 1.807) is 12.4 Å². The summed E-state index contributed by atoms with van der Waals surface area (Å²) in [5.74, 6) is 2.19. The van der Waals surface area contributed by atoms with Crippen molar-refractivity contribution in [1.29, 1.82) is 0 Å². The van der Waals surface area contributed by atoms with Gasteiger partial charge in [0.1, 0.15) is 0 Å². The molecule has 0 bridgehead atoms. The van der Waals surface area contributed by atoms with Crippen LogP contribution in [-0.4, -0.2) is 22.4 Å². The molecule has 0 aliphatic rings. The summed E-state index contributed by atoms with van der Waals surface area (Å²) >= 11 is 7.18. The molecule has 21 heavy (non-hydrogen) atoms. The Kier molecular flexibility index (Phi) is 7.04. The zero-order valence-corrected chi connectivity index (χ0v) is 13.4. The molecule has 0 aliphatic heterocycles. The molecule has 2 N–H and O–H groups in total. The van der Waals surface area contributed by atoms with Gasteiger partial charge in [-0.25, -0.2) is 0 Å². The zero-order valence-electron chi connectivity index (χ0n) is 11.8. The van der Waals surface area contributed by atoms with Gasteiger partial charge in [0.25, 0.3) is 0 Å². The second-order valence-corrected chi connectivity index (χ2v) is 6.03. The lowest BCUT2D eigenvalue weighted by atomic mass is 10.2. The predicted molar refractivity (Wildman–Crippen MR) is 95.7 cm³/mol. The first-order valence-corrected chi connectivity index (χ1v) is 8.47. The van der Waals surface area contributed by atoms with Crippen LogP contribution in [0.2, 0.25) is 0 Å². The molecule has 0 aliphatic carbocycles. The monoisotopic (exact) mass is 317 g/mol. The van der Waals surface area contributed by atoms with Crippen molar-refractivity contribution in [1.82, 2.24) is 10.3 Å². The molecule has 0 atom stereocenters. The Balaban J connectivity index is 1.52. The summed E-state index contributed by atoms with van der Waals surface area (Å²) in [6.07, 6.45) is 4.58. The van der Waals surface area contributed by atoms with Gasteiger partial charge in [-0.2, -0.15) is 11.8 Å². The maximum Gasteiger partial charge on any atom is 0.170 e. The van der Waals surface area contributed by atoms with Crippen LogP contribution in [0, 0.1) is 0 Å². The molecular formula is C16H19N3S2. The van der Waals surface area contributed by atoms with E-state index in [0.29, 0.717) is 5.11 Å². The van der Waals surface area contributed by atoms with E-state index in [-0.39, 0.29) is 0 Å². The first kappa shape index (κ1) is 15.8. The second kappa shape index (κ2) is 9.37. The topological polar surface area (TPSA) is 37.0 Å². The highest BCUT2D eigenvalue weighted by molar-refractivity contribution is 7.98. The summed E-state index contributed by atoms with van der Waals surface area (Å²) in [6, 6.07) is 14.4. The summed E-state index contributed by atoms with van der Waals surface area (Å²) in [4.78, 5) is 4.03. The first-order valence-electron chi connectivity index (χ1n) is 6.91. The summed E-state index contributed by atoms with van der Waals surface area (Å²) in [7, 11) is 0. The van der Waals surface area contributed by atoms with Crippen molar-refractivity contribution >= 4 is 34.8 Å². The van der Waals surface area contributed by atoms with E-state index in [4.69, 9.17) is 12.2 Å². The van der Waals surface area contributed by atoms with Crippen LogP contribution in [0.1, 0.15) is 12.0 Å². The van der Waals surface area contributed by atoms with E-state index in [0.717, 1.165) is 30.2 Å². The number of thioether (sulfide) groups is 1. The fourth-order valence-corrected chi connectivity index (χ4v) is 2.89. The molecule has 0 fully saturated rings. The molecule has 0 saturated heterocycles. The van der Waals surface area contributed by atoms with Crippen LogP contribution in [0.5, 0.6) is 0 Å². The second-order valence-electron chi connectivity index (χ2n) is 4.51. The number of pyridine rings is 1. The van der Waals surface area contributed by atoms with Gasteiger partial charge in [-0.1, -0.05) is 30.3 Å². The Morgan fingerprint density at radius 2 is 2.00 bits per heavy atom. The van der Waals surface area contributed by atoms with Crippen molar-refractivity contribution < 1.29 is 0 Å². The summed E-state index contributed by atoms with van der Waals surface area (Å²) in [5, 5.41) is 6.97. The highest BCUT2D eigenvalue weighted by atomic mass is 32.2. The maximum absolute atomic E-state index is 5.23. The van der Waals surface area contributed by atoms with Gasteiger partial charge < -0.3 is 10.6 Å². The van der Waals surface area contributed by atoms with Gasteiger partial charge in [0.2, 0.25) is 0 Å². The Bertz CT molecular complexity index is 532. The minimum Gasteiger partial charge on any atom is -0.362 e. The number of thiocarbonyl (C=S) groups is 1. The molecule has 0 spiro atoms. The van der Waals surface area contributed by atoms with Crippen molar-refractivity contribution in [3.8, 4) is 0 Å². The molecule has 0 unspecified atom stereocenters. The Labute approximate surface area is 135 Å². The number of rotatable bonds is 7. The number of nitrogens with zero attached hydrogens (tertiary/aromatic N) is 1. The molecule has 1 aromatic carbocycles. The van der Waals surface area contributed by atoms with Crippen LogP contribution >= 0.6 is 24.0 Å². The lowest BCUT2D eigenvalue weighted by Crippen LogP contribution is -2.29. The summed E-state index contributed by atoms with van der Waals surface area (Å²) in [5.41, 5.74) is 2.29. The average Bonchev–Trinajstić information content (AvgIpc) is 2.53. The Hall–Kier alpha value is -1.59. The molecule has 1 heterocycles. The van der Waals surface area contributed by atoms with E-state index in [2.05, 4.69) is 39.9 Å². The number of nitrogens with one attached hydrogen (secondary N) is 2. The third-order valence-corrected chi connectivity index (χ3v) is 4.14. The van der Waals surface area contributed by atoms with E-state index in [1.165, 1.54) is 5.56 Å². The quantitative estimate of drug-likeness (QED) is 0.602. The number of benzene rings is 1. The van der Waals surface area contributed by atoms with Gasteiger partial charge in [0.05, 0.1) is 11.9 Å². The molecule has 0 amide bonds. The SMILES string of the molecule is S=C(NCCCSCc1ccccc1)Nc1cccnc1. The van der Waals surface area contributed by atoms with E-state index >= 15 is 0 Å². The molecule has 0 radical (unpaired) electrons. The fourth-order valence-electron chi connectivity index (χ4n) is 1.75. The third kappa shape index (κ3) is 6.60. The molecule has 2 aromatic rings. The van der Waals surface area contributed by atoms with Gasteiger partial charge in [0.15, 0.2) is 5.11 Å². The molecule has 1 aromatic heterocycles. The minimum atomic E-state index is 0.649. The predicted octanol–water partition coefficient (Wildman–Crippen LogP) is 3.69. The van der Waals surface area contributed by atoms with Gasteiger partial charge >= 0.3 is 0 Å². The standard InChI is InChI=1S/C16H19N3S2/c20-16(19-15-8-4-9-17-12-15)18-10-5-11-21-13-14-6-2-1-3-7-14/h1-4,6-9,12H,5,10-11,13H2,(H2,18,19,20). The van der Waals surface area contributed by atoms with Gasteiger partial charge in [0, 0.05) is 18.5 Å². The fraction of sp³-hybridized carbons (Fsp3) is 0.250. The maximum atomic E-state index is 5.23. The molecule has 110 valence electrons. The number of aromatic nitrogens is 1. The van der Waals surface area contributed by atoms with Crippen LogP contribution in [0.25, 0.3) is 0 Å². The Morgan fingerprint density at radius 3 is 2.76 bits per heavy atom. The summed E-state index contributed by atoms with van der Waals surface area (Å²) in [6.45, 7) is 0.883. The molecule has 2 rings (SSSR count). The van der Waals surface area contributed by atoms with Gasteiger partial charge in [-0.05, 0) is 42.1 Å². The molecule has 5 heteroatoms. The largest absolute Gasteiger partial charge is 0.362 e. The number of hydrogen-bond acceptors (Lipinski definition) is 3. The first-order chi connectivity index (χ1) is 10.3. The highest BCUT2D eigenvalue weighted by Crippen LogP contribution is 2.12. The van der Waals surface area contributed by atoms with Crippen molar-refractivity contribution in [2.24, 2.45) is 0 Å². The Morgan fingerprint density at radius 1 is 1.14 bits per heavy atom. The lowest BCUT2D eigenvalue weighted by Gasteiger charge is -2.09. The van der Waals surface area contributed by atoms with Crippen LogP contribution in [0.4, 0.5) is 5.69 Å². The van der Waals surface area contributed by atoms with E-state index in [1.807, 2.05) is 30.0 Å². The van der Waals surface area contributed by atoms with Crippen molar-refractivity contribution in [3.63, 3.8) is 0 Å². The van der Waals surface area contributed by atoms with Crippen LogP contribution in [0.3, 0.4) is 0 Å². The zero-order chi connectivity index (χ0) is 14.8. The van der Waals surface area contributed by atoms with Crippen LogP contribution < -0.4 is 10.6 Å². The molecule has 0 saturated carbocycles. The number of hydrogen-bond donors (Lipinski definition) is 2. The molecular weight excluding hydrogens is 298 g/mol. The minimum absolute atomic E-state index is 0.649. The average molecular weight is 317 g/mol. The van der Waals surface area contributed by atoms with Crippen LogP contribution in [-0.2, 0) is 5.75 Å².